The number of aliphatic carboxylic acids is 1. The molecule has 1 rings (SSSR count). The Balaban J connectivity index is 2.72. The number of likely N-dealkylation sites (tertiary alicyclic amines) is 1. The minimum absolute atomic E-state index is 0.0312. The van der Waals surface area contributed by atoms with Crippen molar-refractivity contribution in [1.29, 1.82) is 0 Å². The van der Waals surface area contributed by atoms with Crippen LogP contribution >= 0.6 is 12.6 Å². The van der Waals surface area contributed by atoms with Gasteiger partial charge in [-0.05, 0) is 38.0 Å². The molecule has 0 spiro atoms. The van der Waals surface area contributed by atoms with Gasteiger partial charge in [-0.1, -0.05) is 13.8 Å². The van der Waals surface area contributed by atoms with Crippen LogP contribution in [0.2, 0.25) is 0 Å². The molecule has 0 aliphatic carbocycles. The molecule has 1 saturated heterocycles. The predicted octanol–water partition coefficient (Wildman–Crippen LogP) is -1.61. The van der Waals surface area contributed by atoms with Crippen molar-refractivity contribution < 1.29 is 24.3 Å². The van der Waals surface area contributed by atoms with E-state index in [1.807, 2.05) is 13.8 Å². The quantitative estimate of drug-likeness (QED) is 0.0694. The molecule has 9 N–H and O–H groups in total. The molecule has 188 valence electrons. The molecule has 4 unspecified atom stereocenters. The van der Waals surface area contributed by atoms with Gasteiger partial charge in [0.25, 0.3) is 0 Å². The third-order valence-electron chi connectivity index (χ3n) is 5.26. The minimum Gasteiger partial charge on any atom is -0.480 e. The molecule has 0 aromatic heterocycles. The molecule has 12 nitrogen and oxygen atoms in total. The number of carboxylic acids is 1. The van der Waals surface area contributed by atoms with Gasteiger partial charge < -0.3 is 37.8 Å². The fourth-order valence-corrected chi connectivity index (χ4v) is 3.84. The monoisotopic (exact) mass is 487 g/mol. The van der Waals surface area contributed by atoms with E-state index in [1.165, 1.54) is 4.90 Å². The summed E-state index contributed by atoms with van der Waals surface area (Å²) >= 11 is 4.12. The predicted molar refractivity (Wildman–Crippen MR) is 127 cm³/mol. The van der Waals surface area contributed by atoms with Crippen LogP contribution in [0, 0.1) is 5.92 Å². The van der Waals surface area contributed by atoms with Crippen LogP contribution in [-0.2, 0) is 19.2 Å². The van der Waals surface area contributed by atoms with Crippen LogP contribution in [0.15, 0.2) is 4.99 Å². The van der Waals surface area contributed by atoms with Crippen LogP contribution in [0.1, 0.15) is 46.0 Å². The summed E-state index contributed by atoms with van der Waals surface area (Å²) in [5.74, 6) is -2.66. The van der Waals surface area contributed by atoms with E-state index < -0.39 is 42.0 Å². The zero-order valence-electron chi connectivity index (χ0n) is 19.2. The maximum Gasteiger partial charge on any atom is 0.326 e. The summed E-state index contributed by atoms with van der Waals surface area (Å²) in [4.78, 5) is 54.9. The first-order valence-electron chi connectivity index (χ1n) is 11.0. The number of rotatable bonds is 13. The summed E-state index contributed by atoms with van der Waals surface area (Å²) in [6.07, 6.45) is 2.18. The van der Waals surface area contributed by atoms with E-state index in [0.717, 1.165) is 0 Å². The average Bonchev–Trinajstić information content (AvgIpc) is 3.23. The van der Waals surface area contributed by atoms with E-state index in [9.17, 15) is 24.3 Å². The van der Waals surface area contributed by atoms with Gasteiger partial charge in [-0.25, -0.2) is 4.79 Å². The Morgan fingerprint density at radius 1 is 1.18 bits per heavy atom. The standard InChI is InChI=1S/C20H37N7O5S/c1-11(2)9-13(19(31)32)25-16(28)14(10-33)26-17(29)15-6-4-8-27(15)18(30)12(21)5-3-7-24-20(22)23/h11-15,33H,3-10,21H2,1-2H3,(H,25,28)(H,26,29)(H,31,32)(H4,22,23,24). The molecule has 1 aliphatic heterocycles. The van der Waals surface area contributed by atoms with Crippen LogP contribution in [0.5, 0.6) is 0 Å². The summed E-state index contributed by atoms with van der Waals surface area (Å²) < 4.78 is 0. The second kappa shape index (κ2) is 13.9. The topological polar surface area (TPSA) is 206 Å². The summed E-state index contributed by atoms with van der Waals surface area (Å²) in [7, 11) is 0. The number of carbonyl (C=O) groups is 4. The molecule has 0 bridgehead atoms. The highest BCUT2D eigenvalue weighted by atomic mass is 32.1. The Labute approximate surface area is 199 Å². The first-order valence-corrected chi connectivity index (χ1v) is 11.7. The SMILES string of the molecule is CC(C)CC(NC(=O)C(CS)NC(=O)C1CCCN1C(=O)C(N)CCCN=C(N)N)C(=O)O. The molecule has 13 heteroatoms. The first-order chi connectivity index (χ1) is 15.5. The average molecular weight is 488 g/mol. The second-order valence-corrected chi connectivity index (χ2v) is 8.88. The zero-order chi connectivity index (χ0) is 25.1. The van der Waals surface area contributed by atoms with Gasteiger partial charge in [0.15, 0.2) is 5.96 Å². The number of aliphatic imine (C=N–C) groups is 1. The van der Waals surface area contributed by atoms with Crippen molar-refractivity contribution in [2.75, 3.05) is 18.8 Å². The number of guanidine groups is 1. The number of thiol groups is 1. The number of carbonyl (C=O) groups excluding carboxylic acids is 3. The van der Waals surface area contributed by atoms with Gasteiger partial charge in [0.1, 0.15) is 18.1 Å². The van der Waals surface area contributed by atoms with Gasteiger partial charge in [0.2, 0.25) is 17.7 Å². The Kier molecular flexibility index (Phi) is 12.0. The van der Waals surface area contributed by atoms with Gasteiger partial charge in [0.05, 0.1) is 6.04 Å². The van der Waals surface area contributed by atoms with Crippen molar-refractivity contribution in [2.24, 2.45) is 28.1 Å². The van der Waals surface area contributed by atoms with Gasteiger partial charge in [-0.15, -0.1) is 0 Å². The number of nitrogens with one attached hydrogen (secondary N) is 2. The van der Waals surface area contributed by atoms with Crippen LogP contribution < -0.4 is 27.8 Å². The maximum absolute atomic E-state index is 12.9. The molecule has 0 aromatic carbocycles. The van der Waals surface area contributed by atoms with Crippen molar-refractivity contribution >= 4 is 42.3 Å². The fourth-order valence-electron chi connectivity index (χ4n) is 3.59. The lowest BCUT2D eigenvalue weighted by Gasteiger charge is -2.28. The minimum atomic E-state index is -1.15. The zero-order valence-corrected chi connectivity index (χ0v) is 20.1. The molecule has 1 fully saturated rings. The van der Waals surface area contributed by atoms with E-state index in [4.69, 9.17) is 17.2 Å². The van der Waals surface area contributed by atoms with Crippen LogP contribution in [0.3, 0.4) is 0 Å². The van der Waals surface area contributed by atoms with E-state index in [-0.39, 0.29) is 30.0 Å². The van der Waals surface area contributed by atoms with Gasteiger partial charge in [-0.2, -0.15) is 12.6 Å². The first kappa shape index (κ1) is 28.5. The van der Waals surface area contributed by atoms with Crippen LogP contribution in [0.25, 0.3) is 0 Å². The van der Waals surface area contributed by atoms with Gasteiger partial charge >= 0.3 is 5.97 Å². The van der Waals surface area contributed by atoms with Gasteiger partial charge in [-0.3, -0.25) is 19.4 Å². The highest BCUT2D eigenvalue weighted by molar-refractivity contribution is 7.80. The van der Waals surface area contributed by atoms with E-state index in [0.29, 0.717) is 38.8 Å². The molecule has 1 heterocycles. The Hall–Kier alpha value is -2.54. The molecular weight excluding hydrogens is 450 g/mol. The molecule has 0 radical (unpaired) electrons. The third-order valence-corrected chi connectivity index (χ3v) is 5.63. The normalized spacial score (nSPS) is 18.3. The maximum atomic E-state index is 12.9. The Morgan fingerprint density at radius 2 is 1.85 bits per heavy atom. The second-order valence-electron chi connectivity index (χ2n) is 8.52. The lowest BCUT2D eigenvalue weighted by Crippen LogP contribution is -2.57. The molecule has 3 amide bonds. The Bertz CT molecular complexity index is 730. The number of amides is 3. The summed E-state index contributed by atoms with van der Waals surface area (Å²) in [6, 6.07) is -3.68. The Morgan fingerprint density at radius 3 is 2.39 bits per heavy atom. The number of nitrogens with zero attached hydrogens (tertiary/aromatic N) is 2. The number of nitrogens with two attached hydrogens (primary N) is 3. The van der Waals surface area contributed by atoms with Crippen LogP contribution in [0.4, 0.5) is 0 Å². The van der Waals surface area contributed by atoms with Crippen molar-refractivity contribution in [3.8, 4) is 0 Å². The van der Waals surface area contributed by atoms with Crippen molar-refractivity contribution in [3.05, 3.63) is 0 Å². The molecule has 1 aliphatic rings. The van der Waals surface area contributed by atoms with E-state index >= 15 is 0 Å². The summed E-state index contributed by atoms with van der Waals surface area (Å²) in [5.41, 5.74) is 16.5. The van der Waals surface area contributed by atoms with Crippen molar-refractivity contribution in [1.82, 2.24) is 15.5 Å². The van der Waals surface area contributed by atoms with Crippen molar-refractivity contribution in [2.45, 2.75) is 70.1 Å². The highest BCUT2D eigenvalue weighted by Gasteiger charge is 2.37. The van der Waals surface area contributed by atoms with Crippen molar-refractivity contribution in [3.63, 3.8) is 0 Å². The fraction of sp³-hybridized carbons (Fsp3) is 0.750. The summed E-state index contributed by atoms with van der Waals surface area (Å²) in [5, 5.41) is 14.4. The smallest absolute Gasteiger partial charge is 0.326 e. The lowest BCUT2D eigenvalue weighted by molar-refractivity contribution is -0.143. The van der Waals surface area contributed by atoms with Crippen LogP contribution in [-0.4, -0.2) is 82.7 Å². The van der Waals surface area contributed by atoms with E-state index in [2.05, 4.69) is 28.3 Å². The molecule has 4 atom stereocenters. The summed E-state index contributed by atoms with van der Waals surface area (Å²) in [6.45, 7) is 4.42. The highest BCUT2D eigenvalue weighted by Crippen LogP contribution is 2.19. The molecule has 0 aromatic rings. The largest absolute Gasteiger partial charge is 0.480 e. The number of carboxylic acid groups (broad SMARTS) is 1. The lowest BCUT2D eigenvalue weighted by atomic mass is 10.0. The molecular formula is C20H37N7O5S. The number of hydrogen-bond acceptors (Lipinski definition) is 7. The number of hydrogen-bond donors (Lipinski definition) is 7. The third kappa shape index (κ3) is 9.46. The molecule has 33 heavy (non-hydrogen) atoms. The van der Waals surface area contributed by atoms with E-state index in [1.54, 1.807) is 0 Å². The van der Waals surface area contributed by atoms with Gasteiger partial charge in [0, 0.05) is 18.8 Å². The molecule has 0 saturated carbocycles.